The van der Waals surface area contributed by atoms with Gasteiger partial charge in [0.15, 0.2) is 9.84 Å². The average Bonchev–Trinajstić information content (AvgIpc) is 2.77. The maximum atomic E-state index is 11.3. The predicted octanol–water partition coefficient (Wildman–Crippen LogP) is 0.602. The minimum absolute atomic E-state index is 0.189. The van der Waals surface area contributed by atoms with Crippen LogP contribution in [0.1, 0.15) is 0 Å². The van der Waals surface area contributed by atoms with Gasteiger partial charge in [-0.25, -0.2) is 8.42 Å². The molecule has 1 aromatic carbocycles. The van der Waals surface area contributed by atoms with E-state index >= 15 is 0 Å². The van der Waals surface area contributed by atoms with E-state index in [0.717, 1.165) is 6.26 Å². The molecule has 1 saturated heterocycles. The van der Waals surface area contributed by atoms with Crippen LogP contribution in [0.2, 0.25) is 0 Å². The molecule has 6 nitrogen and oxygen atoms in total. The summed E-state index contributed by atoms with van der Waals surface area (Å²) >= 11 is 0. The van der Waals surface area contributed by atoms with Crippen LogP contribution in [0.3, 0.4) is 0 Å². The summed E-state index contributed by atoms with van der Waals surface area (Å²) in [6.07, 6.45) is 1.14. The van der Waals surface area contributed by atoms with E-state index in [1.54, 1.807) is 12.1 Å². The summed E-state index contributed by atoms with van der Waals surface area (Å²) in [6.45, 7) is 0.513. The molecule has 0 aliphatic carbocycles. The lowest BCUT2D eigenvalue weighted by Gasteiger charge is -2.17. The van der Waals surface area contributed by atoms with E-state index in [-0.39, 0.29) is 17.5 Å². The summed E-state index contributed by atoms with van der Waals surface area (Å²) in [5, 5.41) is 12.1. The number of anilines is 1. The molecular formula is C12H15NO5S. The molecule has 7 heteroatoms. The molecular weight excluding hydrogens is 270 g/mol. The van der Waals surface area contributed by atoms with E-state index in [1.165, 1.54) is 12.1 Å². The highest BCUT2D eigenvalue weighted by Gasteiger charge is 2.33. The van der Waals surface area contributed by atoms with Crippen molar-refractivity contribution < 1.29 is 23.1 Å². The minimum Gasteiger partial charge on any atom is -0.481 e. The number of nitrogens with one attached hydrogen (secondary N) is 1. The second-order valence-electron chi connectivity index (χ2n) is 4.53. The molecule has 1 aromatic rings. The van der Waals surface area contributed by atoms with Gasteiger partial charge >= 0.3 is 5.97 Å². The molecule has 2 rings (SSSR count). The van der Waals surface area contributed by atoms with Crippen molar-refractivity contribution in [3.05, 3.63) is 24.3 Å². The highest BCUT2D eigenvalue weighted by Crippen LogP contribution is 2.20. The molecule has 1 aliphatic heterocycles. The molecule has 0 amide bonds. The van der Waals surface area contributed by atoms with Gasteiger partial charge < -0.3 is 15.2 Å². The number of carboxylic acid groups (broad SMARTS) is 1. The zero-order valence-electron chi connectivity index (χ0n) is 10.4. The van der Waals surface area contributed by atoms with Gasteiger partial charge in [-0.3, -0.25) is 4.79 Å². The topological polar surface area (TPSA) is 92.7 Å². The van der Waals surface area contributed by atoms with Crippen LogP contribution < -0.4 is 5.32 Å². The smallest absolute Gasteiger partial charge is 0.311 e. The fraction of sp³-hybridized carbons (Fsp3) is 0.417. The summed E-state index contributed by atoms with van der Waals surface area (Å²) < 4.78 is 27.8. The van der Waals surface area contributed by atoms with Gasteiger partial charge in [-0.05, 0) is 24.3 Å². The van der Waals surface area contributed by atoms with Gasteiger partial charge in [0, 0.05) is 11.9 Å². The summed E-state index contributed by atoms with van der Waals surface area (Å²) in [5.74, 6) is -1.49. The van der Waals surface area contributed by atoms with Crippen LogP contribution in [-0.2, 0) is 19.4 Å². The van der Waals surface area contributed by atoms with E-state index in [2.05, 4.69) is 5.32 Å². The zero-order chi connectivity index (χ0) is 14.0. The number of hydrogen-bond acceptors (Lipinski definition) is 5. The second kappa shape index (κ2) is 5.18. The Morgan fingerprint density at radius 3 is 2.47 bits per heavy atom. The molecule has 0 bridgehead atoms. The molecule has 104 valence electrons. The van der Waals surface area contributed by atoms with Crippen LogP contribution in [0, 0.1) is 5.92 Å². The van der Waals surface area contributed by atoms with Gasteiger partial charge in [0.05, 0.1) is 24.2 Å². The maximum absolute atomic E-state index is 11.3. The molecule has 2 unspecified atom stereocenters. The van der Waals surface area contributed by atoms with Crippen LogP contribution in [0.15, 0.2) is 29.2 Å². The van der Waals surface area contributed by atoms with Crippen LogP contribution >= 0.6 is 0 Å². The molecule has 1 aliphatic rings. The number of hydrogen-bond donors (Lipinski definition) is 2. The highest BCUT2D eigenvalue weighted by molar-refractivity contribution is 7.90. The van der Waals surface area contributed by atoms with Gasteiger partial charge in [0.1, 0.15) is 5.92 Å². The normalized spacial score (nSPS) is 23.2. The molecule has 19 heavy (non-hydrogen) atoms. The van der Waals surface area contributed by atoms with Gasteiger partial charge in [-0.2, -0.15) is 0 Å². The largest absolute Gasteiger partial charge is 0.481 e. The fourth-order valence-corrected chi connectivity index (χ4v) is 2.58. The average molecular weight is 285 g/mol. The van der Waals surface area contributed by atoms with Crippen LogP contribution in [0.5, 0.6) is 0 Å². The Kier molecular flexibility index (Phi) is 3.77. The molecule has 1 heterocycles. The van der Waals surface area contributed by atoms with Crippen molar-refractivity contribution >= 4 is 21.5 Å². The van der Waals surface area contributed by atoms with Crippen LogP contribution in [0.4, 0.5) is 5.69 Å². The Hall–Kier alpha value is -1.60. The summed E-state index contributed by atoms with van der Waals surface area (Å²) in [6, 6.07) is 5.91. The van der Waals surface area contributed by atoms with E-state index in [9.17, 15) is 13.2 Å². The van der Waals surface area contributed by atoms with E-state index < -0.39 is 21.7 Å². The summed E-state index contributed by atoms with van der Waals surface area (Å²) in [5.41, 5.74) is 0.675. The number of rotatable bonds is 4. The summed E-state index contributed by atoms with van der Waals surface area (Å²) in [4.78, 5) is 11.2. The minimum atomic E-state index is -3.22. The Bertz CT molecular complexity index is 566. The van der Waals surface area contributed by atoms with Gasteiger partial charge in [0.25, 0.3) is 0 Å². The molecule has 2 atom stereocenters. The number of ether oxygens (including phenoxy) is 1. The molecule has 0 aromatic heterocycles. The van der Waals surface area contributed by atoms with Crippen molar-refractivity contribution in [2.75, 3.05) is 24.8 Å². The van der Waals surface area contributed by atoms with Crippen LogP contribution in [-0.4, -0.2) is 45.0 Å². The van der Waals surface area contributed by atoms with Gasteiger partial charge in [-0.1, -0.05) is 0 Å². The lowest BCUT2D eigenvalue weighted by molar-refractivity contribution is -0.141. The monoisotopic (exact) mass is 285 g/mol. The third-order valence-corrected chi connectivity index (χ3v) is 4.16. The fourth-order valence-electron chi connectivity index (χ4n) is 1.95. The van der Waals surface area contributed by atoms with Crippen molar-refractivity contribution in [1.29, 1.82) is 0 Å². The number of aliphatic carboxylic acids is 1. The Balaban J connectivity index is 2.10. The van der Waals surface area contributed by atoms with Crippen LogP contribution in [0.25, 0.3) is 0 Å². The third kappa shape index (κ3) is 3.24. The first-order valence-electron chi connectivity index (χ1n) is 5.75. The van der Waals surface area contributed by atoms with Gasteiger partial charge in [0.2, 0.25) is 0 Å². The molecule has 0 saturated carbocycles. The summed E-state index contributed by atoms with van der Waals surface area (Å²) in [7, 11) is -3.22. The third-order valence-electron chi connectivity index (χ3n) is 3.03. The van der Waals surface area contributed by atoms with Gasteiger partial charge in [-0.15, -0.1) is 0 Å². The molecule has 1 fully saturated rings. The number of sulfone groups is 1. The first kappa shape index (κ1) is 13.8. The molecule has 0 radical (unpaired) electrons. The van der Waals surface area contributed by atoms with Crippen molar-refractivity contribution in [2.45, 2.75) is 10.9 Å². The van der Waals surface area contributed by atoms with Crippen molar-refractivity contribution in [3.63, 3.8) is 0 Å². The standard InChI is InChI=1S/C12H15NO5S/c1-19(16,17)9-4-2-8(3-5-9)13-11-7-18-6-10(11)12(14)15/h2-5,10-11,13H,6-7H2,1H3,(H,14,15). The number of carbonyl (C=O) groups is 1. The SMILES string of the molecule is CS(=O)(=O)c1ccc(NC2COCC2C(=O)O)cc1. The zero-order valence-corrected chi connectivity index (χ0v) is 11.2. The Morgan fingerprint density at radius 1 is 1.32 bits per heavy atom. The Morgan fingerprint density at radius 2 is 1.95 bits per heavy atom. The number of benzene rings is 1. The van der Waals surface area contributed by atoms with Crippen molar-refractivity contribution in [3.8, 4) is 0 Å². The van der Waals surface area contributed by atoms with Crippen molar-refractivity contribution in [2.24, 2.45) is 5.92 Å². The first-order valence-corrected chi connectivity index (χ1v) is 7.64. The maximum Gasteiger partial charge on any atom is 0.311 e. The Labute approximate surface area is 111 Å². The lowest BCUT2D eigenvalue weighted by atomic mass is 10.0. The van der Waals surface area contributed by atoms with Crippen molar-refractivity contribution in [1.82, 2.24) is 0 Å². The lowest BCUT2D eigenvalue weighted by Crippen LogP contribution is -2.33. The molecule has 0 spiro atoms. The molecule has 2 N–H and O–H groups in total. The quantitative estimate of drug-likeness (QED) is 0.841. The first-order chi connectivity index (χ1) is 8.88. The highest BCUT2D eigenvalue weighted by atomic mass is 32.2. The second-order valence-corrected chi connectivity index (χ2v) is 6.55. The predicted molar refractivity (Wildman–Crippen MR) is 68.9 cm³/mol. The van der Waals surface area contributed by atoms with E-state index in [1.807, 2.05) is 0 Å². The van der Waals surface area contributed by atoms with E-state index in [0.29, 0.717) is 12.3 Å². The van der Waals surface area contributed by atoms with E-state index in [4.69, 9.17) is 9.84 Å². The number of carboxylic acids is 1.